The zero-order valence-corrected chi connectivity index (χ0v) is 11.0. The van der Waals surface area contributed by atoms with Crippen LogP contribution in [-0.2, 0) is 0 Å². The van der Waals surface area contributed by atoms with E-state index in [2.05, 4.69) is 27.7 Å². The topological polar surface area (TPSA) is 40.5 Å². The summed E-state index contributed by atoms with van der Waals surface area (Å²) in [7, 11) is 0. The Labute approximate surface area is 99.1 Å². The highest BCUT2D eigenvalue weighted by molar-refractivity contribution is 5.05. The van der Waals surface area contributed by atoms with Crippen LogP contribution in [0.2, 0.25) is 0 Å². The summed E-state index contributed by atoms with van der Waals surface area (Å²) < 4.78 is 0. The zero-order chi connectivity index (χ0) is 12.1. The molecule has 16 heavy (non-hydrogen) atoms. The smallest absolute Gasteiger partial charge is 0.0852 e. The van der Waals surface area contributed by atoms with Crippen LogP contribution in [0.25, 0.3) is 0 Å². The second-order valence-corrected chi connectivity index (χ2v) is 7.13. The molecule has 0 bridgehead atoms. The van der Waals surface area contributed by atoms with Gasteiger partial charge >= 0.3 is 0 Å². The summed E-state index contributed by atoms with van der Waals surface area (Å²) in [5.41, 5.74) is 0.0758. The molecule has 2 saturated carbocycles. The van der Waals surface area contributed by atoms with Crippen molar-refractivity contribution in [2.24, 2.45) is 22.7 Å². The molecule has 2 aliphatic rings. The Morgan fingerprint density at radius 3 is 2.25 bits per heavy atom. The number of rotatable bonds is 0. The first-order chi connectivity index (χ1) is 7.27. The average Bonchev–Trinajstić information content (AvgIpc) is 2.13. The monoisotopic (exact) mass is 226 g/mol. The Hall–Kier alpha value is -0.0800. The molecular weight excluding hydrogens is 200 g/mol. The van der Waals surface area contributed by atoms with Crippen LogP contribution in [0.4, 0.5) is 0 Å². The van der Waals surface area contributed by atoms with Gasteiger partial charge < -0.3 is 10.2 Å². The Balaban J connectivity index is 2.30. The first kappa shape index (κ1) is 12.4. The van der Waals surface area contributed by atoms with Gasteiger partial charge in [-0.15, -0.1) is 0 Å². The van der Waals surface area contributed by atoms with E-state index in [1.54, 1.807) is 0 Å². The fourth-order valence-electron chi connectivity index (χ4n) is 4.63. The van der Waals surface area contributed by atoms with Crippen LogP contribution in [0, 0.1) is 22.7 Å². The standard InChI is InChI=1S/C14H26O2/c1-9-5-6-11-13(2,3)12(16)10(15)8-14(11,4)7-9/h9-12,15-16H,5-8H2,1-4H3. The molecule has 0 aromatic carbocycles. The van der Waals surface area contributed by atoms with Crippen molar-refractivity contribution in [3.63, 3.8) is 0 Å². The van der Waals surface area contributed by atoms with E-state index >= 15 is 0 Å². The van der Waals surface area contributed by atoms with Crippen molar-refractivity contribution in [1.82, 2.24) is 0 Å². The molecule has 2 N–H and O–H groups in total. The number of fused-ring (bicyclic) bond motifs is 1. The second kappa shape index (κ2) is 3.71. The third-order valence-electron chi connectivity index (χ3n) is 5.30. The van der Waals surface area contributed by atoms with Crippen molar-refractivity contribution in [3.8, 4) is 0 Å². The molecule has 5 atom stereocenters. The maximum atomic E-state index is 10.2. The van der Waals surface area contributed by atoms with Gasteiger partial charge in [0.1, 0.15) is 0 Å². The number of hydrogen-bond donors (Lipinski definition) is 2. The quantitative estimate of drug-likeness (QED) is 0.666. The highest BCUT2D eigenvalue weighted by Crippen LogP contribution is 2.58. The molecule has 0 radical (unpaired) electrons. The van der Waals surface area contributed by atoms with Crippen molar-refractivity contribution in [1.29, 1.82) is 0 Å². The van der Waals surface area contributed by atoms with Gasteiger partial charge in [-0.25, -0.2) is 0 Å². The lowest BCUT2D eigenvalue weighted by Gasteiger charge is -2.58. The van der Waals surface area contributed by atoms with Gasteiger partial charge in [0.2, 0.25) is 0 Å². The van der Waals surface area contributed by atoms with Crippen LogP contribution in [-0.4, -0.2) is 22.4 Å². The van der Waals surface area contributed by atoms with E-state index in [-0.39, 0.29) is 10.8 Å². The summed E-state index contributed by atoms with van der Waals surface area (Å²) in [6, 6.07) is 0. The molecule has 0 spiro atoms. The predicted molar refractivity (Wildman–Crippen MR) is 65.0 cm³/mol. The number of aliphatic hydroxyl groups excluding tert-OH is 2. The van der Waals surface area contributed by atoms with E-state index in [9.17, 15) is 10.2 Å². The fraction of sp³-hybridized carbons (Fsp3) is 1.00. The maximum absolute atomic E-state index is 10.2. The molecule has 0 aromatic rings. The van der Waals surface area contributed by atoms with Crippen LogP contribution in [0.5, 0.6) is 0 Å². The van der Waals surface area contributed by atoms with E-state index in [0.29, 0.717) is 5.92 Å². The molecule has 0 heterocycles. The first-order valence-corrected chi connectivity index (χ1v) is 6.63. The normalized spacial score (nSPS) is 52.1. The Bertz CT molecular complexity index is 274. The molecule has 0 aromatic heterocycles. The van der Waals surface area contributed by atoms with Crippen LogP contribution in [0.15, 0.2) is 0 Å². The van der Waals surface area contributed by atoms with Crippen LogP contribution < -0.4 is 0 Å². The fourth-order valence-corrected chi connectivity index (χ4v) is 4.63. The molecule has 5 unspecified atom stereocenters. The van der Waals surface area contributed by atoms with Crippen molar-refractivity contribution in [3.05, 3.63) is 0 Å². The van der Waals surface area contributed by atoms with Crippen LogP contribution in [0.1, 0.15) is 53.4 Å². The lowest BCUT2D eigenvalue weighted by molar-refractivity contribution is -0.176. The summed E-state index contributed by atoms with van der Waals surface area (Å²) in [5.74, 6) is 1.31. The lowest BCUT2D eigenvalue weighted by atomic mass is 9.49. The van der Waals surface area contributed by atoms with Gasteiger partial charge in [-0.2, -0.15) is 0 Å². The number of aliphatic hydroxyl groups is 2. The minimum atomic E-state index is -0.556. The van der Waals surface area contributed by atoms with Crippen molar-refractivity contribution >= 4 is 0 Å². The minimum Gasteiger partial charge on any atom is -0.390 e. The van der Waals surface area contributed by atoms with Gasteiger partial charge in [-0.05, 0) is 41.9 Å². The number of hydrogen-bond acceptors (Lipinski definition) is 2. The van der Waals surface area contributed by atoms with Crippen LogP contribution >= 0.6 is 0 Å². The van der Waals surface area contributed by atoms with Gasteiger partial charge in [-0.3, -0.25) is 0 Å². The minimum absolute atomic E-state index is 0.146. The summed E-state index contributed by atoms with van der Waals surface area (Å²) >= 11 is 0. The molecule has 0 saturated heterocycles. The zero-order valence-electron chi connectivity index (χ0n) is 11.0. The third kappa shape index (κ3) is 1.70. The molecule has 2 nitrogen and oxygen atoms in total. The molecule has 2 fully saturated rings. The molecule has 2 aliphatic carbocycles. The summed E-state index contributed by atoms with van der Waals surface area (Å²) in [5, 5.41) is 20.2. The van der Waals surface area contributed by atoms with E-state index in [1.165, 1.54) is 19.3 Å². The summed E-state index contributed by atoms with van der Waals surface area (Å²) in [6.45, 7) is 8.87. The van der Waals surface area contributed by atoms with E-state index in [0.717, 1.165) is 12.3 Å². The van der Waals surface area contributed by atoms with Crippen molar-refractivity contribution in [2.45, 2.75) is 65.6 Å². The van der Waals surface area contributed by atoms with E-state index in [4.69, 9.17) is 0 Å². The van der Waals surface area contributed by atoms with Crippen LogP contribution in [0.3, 0.4) is 0 Å². The first-order valence-electron chi connectivity index (χ1n) is 6.63. The Morgan fingerprint density at radius 2 is 1.62 bits per heavy atom. The van der Waals surface area contributed by atoms with E-state index in [1.807, 2.05) is 0 Å². The van der Waals surface area contributed by atoms with Gasteiger partial charge in [0.25, 0.3) is 0 Å². The molecule has 0 aliphatic heterocycles. The predicted octanol–water partition coefficient (Wildman–Crippen LogP) is 2.58. The third-order valence-corrected chi connectivity index (χ3v) is 5.30. The molecular formula is C14H26O2. The Morgan fingerprint density at radius 1 is 1.00 bits per heavy atom. The molecule has 94 valence electrons. The lowest BCUT2D eigenvalue weighted by Crippen LogP contribution is -2.58. The van der Waals surface area contributed by atoms with Gasteiger partial charge in [-0.1, -0.05) is 34.1 Å². The molecule has 2 rings (SSSR count). The molecule has 0 amide bonds. The maximum Gasteiger partial charge on any atom is 0.0852 e. The van der Waals surface area contributed by atoms with Crippen molar-refractivity contribution in [2.75, 3.05) is 0 Å². The molecule has 2 heteroatoms. The highest BCUT2D eigenvalue weighted by Gasteiger charge is 2.55. The van der Waals surface area contributed by atoms with E-state index < -0.39 is 12.2 Å². The van der Waals surface area contributed by atoms with Gasteiger partial charge in [0.05, 0.1) is 12.2 Å². The summed E-state index contributed by atoms with van der Waals surface area (Å²) in [6.07, 6.45) is 3.35. The largest absolute Gasteiger partial charge is 0.390 e. The van der Waals surface area contributed by atoms with Gasteiger partial charge in [0, 0.05) is 0 Å². The summed E-state index contributed by atoms with van der Waals surface area (Å²) in [4.78, 5) is 0. The average molecular weight is 226 g/mol. The second-order valence-electron chi connectivity index (χ2n) is 7.13. The van der Waals surface area contributed by atoms with Crippen molar-refractivity contribution < 1.29 is 10.2 Å². The van der Waals surface area contributed by atoms with Gasteiger partial charge in [0.15, 0.2) is 0 Å². The Kier molecular flexibility index (Phi) is 2.87. The highest BCUT2D eigenvalue weighted by atomic mass is 16.3. The SMILES string of the molecule is CC1CCC2C(C)(C1)CC(O)C(O)C2(C)C.